The van der Waals surface area contributed by atoms with Crippen molar-refractivity contribution in [2.24, 2.45) is 0 Å². The molecule has 0 bridgehead atoms. The molecule has 112 valence electrons. The van der Waals surface area contributed by atoms with Crippen molar-refractivity contribution < 1.29 is 4.92 Å². The lowest BCUT2D eigenvalue weighted by Gasteiger charge is -2.18. The number of pyridine rings is 1. The average Bonchev–Trinajstić information content (AvgIpc) is 2.97. The Bertz CT molecular complexity index is 601. The smallest absolute Gasteiger partial charge is 0.311 e. The quantitative estimate of drug-likeness (QED) is 0.626. The van der Waals surface area contributed by atoms with Gasteiger partial charge in [-0.2, -0.15) is 0 Å². The van der Waals surface area contributed by atoms with Gasteiger partial charge in [0.15, 0.2) is 0 Å². The standard InChI is InChI=1S/C14H18N4O2S/c1-3-8-15-13-7-6-12(18(19)20)14(16-13)17(2)10-11-5-4-9-21-11/h4-7,9H,3,8,10H2,1-2H3,(H,15,16). The molecule has 21 heavy (non-hydrogen) atoms. The van der Waals surface area contributed by atoms with Crippen molar-refractivity contribution in [3.05, 3.63) is 44.6 Å². The Balaban J connectivity index is 2.26. The minimum absolute atomic E-state index is 0.0242. The van der Waals surface area contributed by atoms with Crippen molar-refractivity contribution in [3.63, 3.8) is 0 Å². The van der Waals surface area contributed by atoms with E-state index in [0.29, 0.717) is 18.2 Å². The van der Waals surface area contributed by atoms with Crippen LogP contribution in [0, 0.1) is 10.1 Å². The molecule has 2 heterocycles. The largest absolute Gasteiger partial charge is 0.370 e. The summed E-state index contributed by atoms with van der Waals surface area (Å²) in [7, 11) is 1.82. The maximum Gasteiger partial charge on any atom is 0.311 e. The maximum atomic E-state index is 11.2. The van der Waals surface area contributed by atoms with Gasteiger partial charge in [-0.1, -0.05) is 13.0 Å². The number of nitrogens with zero attached hydrogens (tertiary/aromatic N) is 3. The van der Waals surface area contributed by atoms with E-state index in [1.165, 1.54) is 6.07 Å². The summed E-state index contributed by atoms with van der Waals surface area (Å²) in [6, 6.07) is 7.13. The van der Waals surface area contributed by atoms with E-state index in [4.69, 9.17) is 0 Å². The monoisotopic (exact) mass is 306 g/mol. The summed E-state index contributed by atoms with van der Waals surface area (Å²) in [5.41, 5.74) is 0.0242. The summed E-state index contributed by atoms with van der Waals surface area (Å²) >= 11 is 1.62. The molecule has 0 fully saturated rings. The van der Waals surface area contributed by atoms with Crippen LogP contribution in [-0.4, -0.2) is 23.5 Å². The molecule has 2 rings (SSSR count). The molecular formula is C14H18N4O2S. The van der Waals surface area contributed by atoms with Crippen LogP contribution in [0.3, 0.4) is 0 Å². The number of nitro groups is 1. The van der Waals surface area contributed by atoms with Crippen LogP contribution in [0.15, 0.2) is 29.6 Å². The van der Waals surface area contributed by atoms with Gasteiger partial charge in [0.25, 0.3) is 0 Å². The van der Waals surface area contributed by atoms with E-state index in [1.807, 2.05) is 24.6 Å². The Morgan fingerprint density at radius 1 is 1.43 bits per heavy atom. The van der Waals surface area contributed by atoms with Crippen molar-refractivity contribution in [1.82, 2.24) is 4.98 Å². The summed E-state index contributed by atoms with van der Waals surface area (Å²) < 4.78 is 0. The van der Waals surface area contributed by atoms with Crippen LogP contribution < -0.4 is 10.2 Å². The molecule has 6 nitrogen and oxygen atoms in total. The first-order chi connectivity index (χ1) is 10.1. The molecule has 1 N–H and O–H groups in total. The fourth-order valence-electron chi connectivity index (χ4n) is 1.93. The SMILES string of the molecule is CCCNc1ccc([N+](=O)[O-])c(N(C)Cc2cccs2)n1. The predicted octanol–water partition coefficient (Wildman–Crippen LogP) is 3.51. The lowest BCUT2D eigenvalue weighted by atomic mass is 10.3. The zero-order valence-electron chi connectivity index (χ0n) is 12.1. The fourth-order valence-corrected chi connectivity index (χ4v) is 2.68. The molecule has 0 radical (unpaired) electrons. The van der Waals surface area contributed by atoms with Gasteiger partial charge in [0.1, 0.15) is 5.82 Å². The molecular weight excluding hydrogens is 288 g/mol. The highest BCUT2D eigenvalue weighted by molar-refractivity contribution is 7.09. The highest BCUT2D eigenvalue weighted by Crippen LogP contribution is 2.28. The molecule has 0 atom stereocenters. The third-order valence-electron chi connectivity index (χ3n) is 2.94. The Hall–Kier alpha value is -2.15. The summed E-state index contributed by atoms with van der Waals surface area (Å²) in [5, 5.41) is 16.3. The molecule has 0 amide bonds. The van der Waals surface area contributed by atoms with Gasteiger partial charge in [-0.15, -0.1) is 11.3 Å². The molecule has 0 saturated carbocycles. The highest BCUT2D eigenvalue weighted by Gasteiger charge is 2.20. The van der Waals surface area contributed by atoms with Crippen LogP contribution in [0.25, 0.3) is 0 Å². The lowest BCUT2D eigenvalue weighted by Crippen LogP contribution is -2.19. The number of thiophene rings is 1. The minimum atomic E-state index is -0.392. The molecule has 0 aliphatic rings. The maximum absolute atomic E-state index is 11.2. The zero-order chi connectivity index (χ0) is 15.2. The van der Waals surface area contributed by atoms with Gasteiger partial charge >= 0.3 is 5.69 Å². The molecule has 0 aliphatic heterocycles. The number of hydrogen-bond acceptors (Lipinski definition) is 6. The van der Waals surface area contributed by atoms with Crippen molar-refractivity contribution in [3.8, 4) is 0 Å². The van der Waals surface area contributed by atoms with Crippen molar-refractivity contribution in [2.45, 2.75) is 19.9 Å². The number of nitrogens with one attached hydrogen (secondary N) is 1. The van der Waals surface area contributed by atoms with E-state index < -0.39 is 4.92 Å². The third kappa shape index (κ3) is 3.91. The molecule has 0 aliphatic carbocycles. The van der Waals surface area contributed by atoms with Crippen LogP contribution in [-0.2, 0) is 6.54 Å². The second-order valence-electron chi connectivity index (χ2n) is 4.66. The van der Waals surface area contributed by atoms with Gasteiger partial charge in [0.05, 0.1) is 11.5 Å². The Morgan fingerprint density at radius 3 is 2.86 bits per heavy atom. The summed E-state index contributed by atoms with van der Waals surface area (Å²) in [6.07, 6.45) is 0.971. The number of aromatic nitrogens is 1. The first-order valence-electron chi connectivity index (χ1n) is 6.74. The van der Waals surface area contributed by atoms with Gasteiger partial charge in [0.2, 0.25) is 5.82 Å². The molecule has 2 aromatic rings. The van der Waals surface area contributed by atoms with Crippen molar-refractivity contribution in [1.29, 1.82) is 0 Å². The van der Waals surface area contributed by atoms with Crippen molar-refractivity contribution in [2.75, 3.05) is 23.8 Å². The third-order valence-corrected chi connectivity index (χ3v) is 3.80. The van der Waals surface area contributed by atoms with Crippen LogP contribution in [0.1, 0.15) is 18.2 Å². The van der Waals surface area contributed by atoms with Crippen LogP contribution in [0.2, 0.25) is 0 Å². The highest BCUT2D eigenvalue weighted by atomic mass is 32.1. The van der Waals surface area contributed by atoms with E-state index >= 15 is 0 Å². The van der Waals surface area contributed by atoms with Gasteiger partial charge in [-0.25, -0.2) is 4.98 Å². The number of rotatable bonds is 7. The van der Waals surface area contributed by atoms with Gasteiger partial charge < -0.3 is 10.2 Å². The van der Waals surface area contributed by atoms with Crippen LogP contribution >= 0.6 is 11.3 Å². The summed E-state index contributed by atoms with van der Waals surface area (Å²) in [4.78, 5) is 18.1. The Labute approximate surface area is 127 Å². The molecule has 0 unspecified atom stereocenters. The van der Waals surface area contributed by atoms with Gasteiger partial charge in [-0.3, -0.25) is 10.1 Å². The molecule has 0 spiro atoms. The summed E-state index contributed by atoms with van der Waals surface area (Å²) in [5.74, 6) is 1.05. The topological polar surface area (TPSA) is 71.3 Å². The van der Waals surface area contributed by atoms with E-state index in [9.17, 15) is 10.1 Å². The first kappa shape index (κ1) is 15.2. The molecule has 2 aromatic heterocycles. The zero-order valence-corrected chi connectivity index (χ0v) is 12.9. The van der Waals surface area contributed by atoms with E-state index in [1.54, 1.807) is 22.3 Å². The first-order valence-corrected chi connectivity index (χ1v) is 7.62. The second-order valence-corrected chi connectivity index (χ2v) is 5.69. The Morgan fingerprint density at radius 2 is 2.24 bits per heavy atom. The number of anilines is 2. The summed E-state index contributed by atoms with van der Waals surface area (Å²) in [6.45, 7) is 3.45. The lowest BCUT2D eigenvalue weighted by molar-refractivity contribution is -0.384. The van der Waals surface area contributed by atoms with Gasteiger partial charge in [-0.05, 0) is 23.9 Å². The fraction of sp³-hybridized carbons (Fsp3) is 0.357. The van der Waals surface area contributed by atoms with E-state index in [-0.39, 0.29) is 5.69 Å². The normalized spacial score (nSPS) is 10.4. The Kier molecular flexibility index (Phi) is 5.10. The van der Waals surface area contributed by atoms with E-state index in [0.717, 1.165) is 17.8 Å². The number of hydrogen-bond donors (Lipinski definition) is 1. The minimum Gasteiger partial charge on any atom is -0.370 e. The average molecular weight is 306 g/mol. The molecule has 0 saturated heterocycles. The van der Waals surface area contributed by atoms with Crippen LogP contribution in [0.4, 0.5) is 17.3 Å². The second kappa shape index (κ2) is 7.03. The van der Waals surface area contributed by atoms with Crippen LogP contribution in [0.5, 0.6) is 0 Å². The van der Waals surface area contributed by atoms with E-state index in [2.05, 4.69) is 17.2 Å². The molecule has 0 aromatic carbocycles. The molecule has 7 heteroatoms. The van der Waals surface area contributed by atoms with Gasteiger partial charge in [0, 0.05) is 24.5 Å². The van der Waals surface area contributed by atoms with Crippen molar-refractivity contribution >= 4 is 28.7 Å². The predicted molar refractivity (Wildman–Crippen MR) is 86.1 cm³/mol.